The number of alkyl halides is 3. The van der Waals surface area contributed by atoms with E-state index in [0.29, 0.717) is 44.5 Å². The van der Waals surface area contributed by atoms with Crippen LogP contribution in [-0.4, -0.2) is 57.8 Å². The highest BCUT2D eigenvalue weighted by Crippen LogP contribution is 2.29. The number of rotatable bonds is 9. The standard InChI is InChI=1S/C23H25F3N2O4/c24-23(25,26)19-3-1-2-17(14-19)15-20(29)9-11-27-12-10-21(30)28(27)13-8-16-4-6-18(7-5-16)22(31)32/h1-7,14,20,29H,8-13,15H2,(H,31,32). The van der Waals surface area contributed by atoms with Crippen LogP contribution in [0.4, 0.5) is 13.2 Å². The molecule has 1 unspecified atom stereocenters. The van der Waals surface area contributed by atoms with Crippen LogP contribution < -0.4 is 0 Å². The lowest BCUT2D eigenvalue weighted by molar-refractivity contribution is -0.138. The number of carboxylic acid groups (broad SMARTS) is 1. The van der Waals surface area contributed by atoms with Crippen LogP contribution in [0, 0.1) is 0 Å². The second-order valence-corrected chi connectivity index (χ2v) is 7.82. The average Bonchev–Trinajstić information content (AvgIpc) is 3.10. The number of aliphatic hydroxyl groups excluding tert-OH is 1. The summed E-state index contributed by atoms with van der Waals surface area (Å²) >= 11 is 0. The number of carbonyl (C=O) groups is 2. The van der Waals surface area contributed by atoms with Gasteiger partial charge in [-0.25, -0.2) is 9.80 Å². The molecule has 0 spiro atoms. The van der Waals surface area contributed by atoms with E-state index in [0.717, 1.165) is 17.7 Å². The highest BCUT2D eigenvalue weighted by Gasteiger charge is 2.31. The zero-order valence-electron chi connectivity index (χ0n) is 17.4. The summed E-state index contributed by atoms with van der Waals surface area (Å²) < 4.78 is 38.6. The Kier molecular flexibility index (Phi) is 7.52. The molecule has 2 aromatic rings. The summed E-state index contributed by atoms with van der Waals surface area (Å²) in [5, 5.41) is 22.8. The van der Waals surface area contributed by atoms with Gasteiger partial charge in [-0.3, -0.25) is 9.80 Å². The van der Waals surface area contributed by atoms with Crippen molar-refractivity contribution in [2.24, 2.45) is 0 Å². The maximum atomic E-state index is 12.9. The summed E-state index contributed by atoms with van der Waals surface area (Å²) in [5.41, 5.74) is 0.767. The van der Waals surface area contributed by atoms with Crippen molar-refractivity contribution in [2.75, 3.05) is 19.6 Å². The predicted molar refractivity (Wildman–Crippen MR) is 111 cm³/mol. The van der Waals surface area contributed by atoms with Gasteiger partial charge in [0.15, 0.2) is 0 Å². The van der Waals surface area contributed by atoms with E-state index in [1.54, 1.807) is 23.2 Å². The van der Waals surface area contributed by atoms with Crippen molar-refractivity contribution in [1.82, 2.24) is 10.0 Å². The number of carbonyl (C=O) groups excluding carboxylic acids is 1. The topological polar surface area (TPSA) is 81.1 Å². The lowest BCUT2D eigenvalue weighted by Gasteiger charge is -2.29. The molecule has 0 radical (unpaired) electrons. The zero-order valence-corrected chi connectivity index (χ0v) is 17.4. The van der Waals surface area contributed by atoms with Crippen molar-refractivity contribution in [3.8, 4) is 0 Å². The number of hydrogen-bond donors (Lipinski definition) is 2. The van der Waals surface area contributed by atoms with Crippen LogP contribution in [0.25, 0.3) is 0 Å². The van der Waals surface area contributed by atoms with Crippen LogP contribution in [-0.2, 0) is 23.8 Å². The molecule has 2 aromatic carbocycles. The number of hydrogen-bond acceptors (Lipinski definition) is 4. The third kappa shape index (κ3) is 6.30. The van der Waals surface area contributed by atoms with E-state index < -0.39 is 23.8 Å². The Morgan fingerprint density at radius 2 is 1.78 bits per heavy atom. The lowest BCUT2D eigenvalue weighted by atomic mass is 10.0. The number of halogens is 3. The molecule has 2 N–H and O–H groups in total. The fourth-order valence-electron chi connectivity index (χ4n) is 3.73. The molecule has 1 heterocycles. The third-order valence-corrected chi connectivity index (χ3v) is 5.47. The second kappa shape index (κ2) is 10.1. The Morgan fingerprint density at radius 1 is 1.06 bits per heavy atom. The third-order valence-electron chi connectivity index (χ3n) is 5.47. The molecule has 6 nitrogen and oxygen atoms in total. The van der Waals surface area contributed by atoms with Gasteiger partial charge in [0.2, 0.25) is 5.91 Å². The van der Waals surface area contributed by atoms with Crippen LogP contribution in [0.1, 0.15) is 39.9 Å². The number of benzene rings is 2. The SMILES string of the molecule is O=C(O)c1ccc(CCN2C(=O)CCN2CCC(O)Cc2cccc(C(F)(F)F)c2)cc1. The van der Waals surface area contributed by atoms with E-state index in [9.17, 15) is 27.9 Å². The predicted octanol–water partition coefficient (Wildman–Crippen LogP) is 3.39. The first-order valence-electron chi connectivity index (χ1n) is 10.3. The van der Waals surface area contributed by atoms with Gasteiger partial charge in [0.05, 0.1) is 17.2 Å². The molecule has 32 heavy (non-hydrogen) atoms. The minimum Gasteiger partial charge on any atom is -0.478 e. The van der Waals surface area contributed by atoms with Gasteiger partial charge in [-0.05, 0) is 48.6 Å². The summed E-state index contributed by atoms with van der Waals surface area (Å²) in [6.07, 6.45) is -3.93. The van der Waals surface area contributed by atoms with E-state index >= 15 is 0 Å². The molecule has 0 bridgehead atoms. The van der Waals surface area contributed by atoms with Gasteiger partial charge in [0, 0.05) is 26.1 Å². The lowest BCUT2D eigenvalue weighted by Crippen LogP contribution is -2.41. The van der Waals surface area contributed by atoms with Crippen molar-refractivity contribution < 1.29 is 33.0 Å². The molecule has 9 heteroatoms. The number of nitrogens with zero attached hydrogens (tertiary/aromatic N) is 2. The maximum Gasteiger partial charge on any atom is 0.416 e. The summed E-state index contributed by atoms with van der Waals surface area (Å²) in [6, 6.07) is 11.4. The van der Waals surface area contributed by atoms with Crippen LogP contribution in [0.2, 0.25) is 0 Å². The first-order valence-corrected chi connectivity index (χ1v) is 10.3. The van der Waals surface area contributed by atoms with E-state index in [2.05, 4.69) is 0 Å². The number of aliphatic hydroxyl groups is 1. The monoisotopic (exact) mass is 450 g/mol. The van der Waals surface area contributed by atoms with Crippen molar-refractivity contribution in [3.63, 3.8) is 0 Å². The van der Waals surface area contributed by atoms with E-state index in [-0.39, 0.29) is 17.9 Å². The molecular formula is C23H25F3N2O4. The smallest absolute Gasteiger partial charge is 0.416 e. The van der Waals surface area contributed by atoms with Crippen molar-refractivity contribution in [1.29, 1.82) is 0 Å². The van der Waals surface area contributed by atoms with Crippen LogP contribution in [0.3, 0.4) is 0 Å². The van der Waals surface area contributed by atoms with Gasteiger partial charge < -0.3 is 10.2 Å². The van der Waals surface area contributed by atoms with E-state index in [1.165, 1.54) is 18.2 Å². The van der Waals surface area contributed by atoms with Gasteiger partial charge in [-0.2, -0.15) is 13.2 Å². The number of amides is 1. The van der Waals surface area contributed by atoms with Crippen molar-refractivity contribution >= 4 is 11.9 Å². The fraction of sp³-hybridized carbons (Fsp3) is 0.391. The molecule has 172 valence electrons. The van der Waals surface area contributed by atoms with Gasteiger partial charge in [0.1, 0.15) is 0 Å². The normalized spacial score (nSPS) is 15.9. The Bertz CT molecular complexity index is 947. The van der Waals surface area contributed by atoms with E-state index in [4.69, 9.17) is 5.11 Å². The molecule has 1 amide bonds. The molecule has 1 fully saturated rings. The van der Waals surface area contributed by atoms with Crippen LogP contribution in [0.15, 0.2) is 48.5 Å². The zero-order chi connectivity index (χ0) is 23.3. The first kappa shape index (κ1) is 23.7. The fourth-order valence-corrected chi connectivity index (χ4v) is 3.73. The summed E-state index contributed by atoms with van der Waals surface area (Å²) in [6.45, 7) is 1.35. The Morgan fingerprint density at radius 3 is 2.44 bits per heavy atom. The first-order chi connectivity index (χ1) is 15.1. The molecule has 3 rings (SSSR count). The molecule has 1 aliphatic heterocycles. The Balaban J connectivity index is 1.51. The number of aromatic carboxylic acids is 1. The van der Waals surface area contributed by atoms with Gasteiger partial charge in [0.25, 0.3) is 0 Å². The Labute approximate surface area is 183 Å². The molecule has 0 saturated carbocycles. The van der Waals surface area contributed by atoms with Gasteiger partial charge >= 0.3 is 12.1 Å². The highest BCUT2D eigenvalue weighted by molar-refractivity contribution is 5.87. The molecule has 1 aliphatic rings. The summed E-state index contributed by atoms with van der Waals surface area (Å²) in [7, 11) is 0. The largest absolute Gasteiger partial charge is 0.478 e. The minimum atomic E-state index is -4.43. The molecule has 0 aromatic heterocycles. The minimum absolute atomic E-state index is 0.0282. The van der Waals surface area contributed by atoms with Gasteiger partial charge in [-0.1, -0.05) is 30.3 Å². The molecule has 0 aliphatic carbocycles. The summed E-state index contributed by atoms with van der Waals surface area (Å²) in [5.74, 6) is -1.03. The average molecular weight is 450 g/mol. The molecule has 1 atom stereocenters. The van der Waals surface area contributed by atoms with Crippen molar-refractivity contribution in [2.45, 2.75) is 38.0 Å². The van der Waals surface area contributed by atoms with Crippen molar-refractivity contribution in [3.05, 3.63) is 70.8 Å². The maximum absolute atomic E-state index is 12.9. The number of hydrazine groups is 1. The molecule has 1 saturated heterocycles. The second-order valence-electron chi connectivity index (χ2n) is 7.82. The van der Waals surface area contributed by atoms with Gasteiger partial charge in [-0.15, -0.1) is 0 Å². The van der Waals surface area contributed by atoms with E-state index in [1.807, 2.05) is 5.01 Å². The summed E-state index contributed by atoms with van der Waals surface area (Å²) in [4.78, 5) is 23.2. The Hall–Kier alpha value is -2.91. The quantitative estimate of drug-likeness (QED) is 0.612. The number of carboxylic acids is 1. The van der Waals surface area contributed by atoms with Crippen LogP contribution in [0.5, 0.6) is 0 Å². The molecular weight excluding hydrogens is 425 g/mol. The highest BCUT2D eigenvalue weighted by atomic mass is 19.4. The van der Waals surface area contributed by atoms with Crippen LogP contribution >= 0.6 is 0 Å².